The van der Waals surface area contributed by atoms with Gasteiger partial charge in [0.25, 0.3) is 5.91 Å². The molecule has 7 nitrogen and oxygen atoms in total. The minimum atomic E-state index is -0.769. The number of rotatable bonds is 11. The number of methoxy groups -OCH3 is 1. The normalized spacial score (nSPS) is 14.5. The molecule has 1 saturated carbocycles. The van der Waals surface area contributed by atoms with Crippen LogP contribution in [0.1, 0.15) is 66.7 Å². The van der Waals surface area contributed by atoms with Crippen molar-refractivity contribution in [1.82, 2.24) is 15.5 Å². The van der Waals surface area contributed by atoms with Gasteiger partial charge in [-0.15, -0.1) is 11.3 Å². The van der Waals surface area contributed by atoms with Crippen molar-refractivity contribution < 1.29 is 19.1 Å². The van der Waals surface area contributed by atoms with Crippen molar-refractivity contribution in [3.63, 3.8) is 0 Å². The zero-order valence-corrected chi connectivity index (χ0v) is 20.2. The molecular formula is C25H33N3O4S. The average Bonchev–Trinajstić information content (AvgIpc) is 3.54. The van der Waals surface area contributed by atoms with E-state index in [4.69, 9.17) is 4.74 Å². The van der Waals surface area contributed by atoms with Crippen LogP contribution in [0.4, 0.5) is 0 Å². The fourth-order valence-electron chi connectivity index (χ4n) is 4.09. The highest BCUT2D eigenvalue weighted by Crippen LogP contribution is 2.26. The minimum absolute atomic E-state index is 0.139. The van der Waals surface area contributed by atoms with E-state index in [-0.39, 0.29) is 30.3 Å². The van der Waals surface area contributed by atoms with Crippen molar-refractivity contribution in [3.05, 3.63) is 52.2 Å². The minimum Gasteiger partial charge on any atom is -0.497 e. The third kappa shape index (κ3) is 6.81. The Labute approximate surface area is 199 Å². The second-order valence-electron chi connectivity index (χ2n) is 8.27. The Kier molecular flexibility index (Phi) is 9.30. The first-order valence-corrected chi connectivity index (χ1v) is 12.5. The number of unbranched alkanes of at least 4 members (excludes halogenated alkanes) is 1. The van der Waals surface area contributed by atoms with E-state index in [0.717, 1.165) is 44.1 Å². The maximum Gasteiger partial charge on any atom is 0.261 e. The number of thiophene rings is 1. The van der Waals surface area contributed by atoms with E-state index >= 15 is 0 Å². The van der Waals surface area contributed by atoms with E-state index in [1.54, 1.807) is 36.3 Å². The molecule has 1 heterocycles. The van der Waals surface area contributed by atoms with Crippen molar-refractivity contribution in [2.45, 2.75) is 57.5 Å². The number of amides is 3. The molecule has 0 saturated heterocycles. The molecule has 3 amide bonds. The Morgan fingerprint density at radius 1 is 1.15 bits per heavy atom. The molecule has 33 heavy (non-hydrogen) atoms. The number of nitrogens with one attached hydrogen (secondary N) is 2. The van der Waals surface area contributed by atoms with Crippen molar-refractivity contribution in [1.29, 1.82) is 0 Å². The van der Waals surface area contributed by atoms with Gasteiger partial charge in [-0.1, -0.05) is 44.4 Å². The predicted octanol–water partition coefficient (Wildman–Crippen LogP) is 3.92. The van der Waals surface area contributed by atoms with E-state index in [1.165, 1.54) is 11.3 Å². The molecule has 2 aromatic rings. The maximum absolute atomic E-state index is 13.5. The van der Waals surface area contributed by atoms with E-state index in [1.807, 2.05) is 24.4 Å². The molecule has 0 aliphatic heterocycles. The summed E-state index contributed by atoms with van der Waals surface area (Å²) in [6.07, 6.45) is 5.76. The lowest BCUT2D eigenvalue weighted by Crippen LogP contribution is -2.49. The largest absolute Gasteiger partial charge is 0.497 e. The Balaban J connectivity index is 1.82. The number of nitrogens with zero attached hydrogens (tertiary/aromatic N) is 1. The van der Waals surface area contributed by atoms with Gasteiger partial charge in [0.15, 0.2) is 0 Å². The smallest absolute Gasteiger partial charge is 0.261 e. The molecule has 1 aliphatic carbocycles. The summed E-state index contributed by atoms with van der Waals surface area (Å²) < 4.78 is 5.26. The van der Waals surface area contributed by atoms with Gasteiger partial charge in [0, 0.05) is 12.6 Å². The van der Waals surface area contributed by atoms with E-state index in [0.29, 0.717) is 17.2 Å². The summed E-state index contributed by atoms with van der Waals surface area (Å²) in [7, 11) is 1.59. The highest BCUT2D eigenvalue weighted by Gasteiger charge is 2.33. The van der Waals surface area contributed by atoms with Gasteiger partial charge in [0.1, 0.15) is 11.8 Å². The zero-order chi connectivity index (χ0) is 23.6. The van der Waals surface area contributed by atoms with Gasteiger partial charge < -0.3 is 20.3 Å². The van der Waals surface area contributed by atoms with Crippen molar-refractivity contribution in [3.8, 4) is 5.75 Å². The summed E-state index contributed by atoms with van der Waals surface area (Å²) in [5.41, 5.74) is 0.723. The third-order valence-corrected chi connectivity index (χ3v) is 6.78. The topological polar surface area (TPSA) is 87.7 Å². The summed E-state index contributed by atoms with van der Waals surface area (Å²) in [6, 6.07) is 10.1. The number of benzene rings is 1. The number of hydrogen-bond acceptors (Lipinski definition) is 5. The second kappa shape index (κ2) is 12.4. The highest BCUT2D eigenvalue weighted by atomic mass is 32.1. The van der Waals surface area contributed by atoms with Crippen molar-refractivity contribution >= 4 is 29.1 Å². The van der Waals surface area contributed by atoms with Gasteiger partial charge >= 0.3 is 0 Å². The second-order valence-corrected chi connectivity index (χ2v) is 9.21. The number of ether oxygens (including phenoxy) is 1. The van der Waals surface area contributed by atoms with E-state index in [2.05, 4.69) is 10.6 Å². The van der Waals surface area contributed by atoms with Crippen LogP contribution in [0.25, 0.3) is 0 Å². The molecule has 1 aliphatic rings. The number of hydrogen-bond donors (Lipinski definition) is 2. The summed E-state index contributed by atoms with van der Waals surface area (Å²) in [5.74, 6) is -0.0645. The molecule has 2 N–H and O–H groups in total. The molecule has 1 aromatic carbocycles. The quantitative estimate of drug-likeness (QED) is 0.520. The Morgan fingerprint density at radius 3 is 2.48 bits per heavy atom. The summed E-state index contributed by atoms with van der Waals surface area (Å²) in [6.45, 7) is 2.31. The van der Waals surface area contributed by atoms with Crippen LogP contribution in [-0.4, -0.2) is 48.9 Å². The van der Waals surface area contributed by atoms with Crippen molar-refractivity contribution in [2.24, 2.45) is 0 Å². The lowest BCUT2D eigenvalue weighted by molar-refractivity contribution is -0.140. The summed E-state index contributed by atoms with van der Waals surface area (Å²) in [4.78, 5) is 41.3. The summed E-state index contributed by atoms with van der Waals surface area (Å²) >= 11 is 1.32. The van der Waals surface area contributed by atoms with Gasteiger partial charge in [-0.05, 0) is 48.4 Å². The lowest BCUT2D eigenvalue weighted by atomic mass is 10.0. The lowest BCUT2D eigenvalue weighted by Gasteiger charge is -2.32. The Bertz CT molecular complexity index is 908. The molecule has 1 atom stereocenters. The first-order valence-electron chi connectivity index (χ1n) is 11.6. The molecular weight excluding hydrogens is 438 g/mol. The molecule has 1 fully saturated rings. The molecule has 0 radical (unpaired) electrons. The fraction of sp³-hybridized carbons (Fsp3) is 0.480. The third-order valence-electron chi connectivity index (χ3n) is 5.91. The Morgan fingerprint density at radius 2 is 1.88 bits per heavy atom. The first kappa shape index (κ1) is 24.8. The van der Waals surface area contributed by atoms with Crippen LogP contribution in [0.3, 0.4) is 0 Å². The molecule has 0 spiro atoms. The number of carbonyl (C=O) groups is 3. The van der Waals surface area contributed by atoms with Gasteiger partial charge in [-0.3, -0.25) is 14.4 Å². The summed E-state index contributed by atoms with van der Waals surface area (Å²) in [5, 5.41) is 7.68. The molecule has 0 bridgehead atoms. The van der Waals surface area contributed by atoms with Crippen LogP contribution in [0.2, 0.25) is 0 Å². The van der Waals surface area contributed by atoms with Gasteiger partial charge in [0.2, 0.25) is 11.8 Å². The van der Waals surface area contributed by atoms with Gasteiger partial charge in [-0.2, -0.15) is 0 Å². The molecule has 8 heteroatoms. The molecule has 1 aromatic heterocycles. The fourth-order valence-corrected chi connectivity index (χ4v) is 4.73. The predicted molar refractivity (Wildman–Crippen MR) is 129 cm³/mol. The average molecular weight is 472 g/mol. The van der Waals surface area contributed by atoms with Crippen LogP contribution in [0, 0.1) is 0 Å². The van der Waals surface area contributed by atoms with Crippen LogP contribution in [0.15, 0.2) is 41.8 Å². The molecule has 178 valence electrons. The van der Waals surface area contributed by atoms with Crippen LogP contribution < -0.4 is 15.4 Å². The maximum atomic E-state index is 13.5. The molecule has 1 unspecified atom stereocenters. The first-order chi connectivity index (χ1) is 16.0. The van der Waals surface area contributed by atoms with Crippen molar-refractivity contribution in [2.75, 3.05) is 20.2 Å². The molecule has 3 rings (SSSR count). The number of carbonyl (C=O) groups excluding carboxylic acids is 3. The van der Waals surface area contributed by atoms with E-state index < -0.39 is 6.04 Å². The van der Waals surface area contributed by atoms with Crippen LogP contribution in [0.5, 0.6) is 5.75 Å². The van der Waals surface area contributed by atoms with Gasteiger partial charge in [-0.25, -0.2) is 0 Å². The van der Waals surface area contributed by atoms with Crippen LogP contribution >= 0.6 is 11.3 Å². The monoisotopic (exact) mass is 471 g/mol. The SMILES string of the molecule is CCCCN(C(=O)CNC(=O)c1cccs1)C(C(=O)NC1CCCC1)c1ccc(OC)cc1. The van der Waals surface area contributed by atoms with Crippen LogP contribution in [-0.2, 0) is 9.59 Å². The zero-order valence-electron chi connectivity index (χ0n) is 19.3. The standard InChI is InChI=1S/C25H33N3O4S/c1-3-4-15-28(22(29)17-26-24(30)21-10-7-16-33-21)23(18-11-13-20(32-2)14-12-18)25(31)27-19-8-5-6-9-19/h7,10-14,16,19,23H,3-6,8-9,15,17H2,1-2H3,(H,26,30)(H,27,31). The van der Waals surface area contributed by atoms with Gasteiger partial charge in [0.05, 0.1) is 18.5 Å². The highest BCUT2D eigenvalue weighted by molar-refractivity contribution is 7.12. The Hall–Kier alpha value is -2.87. The van der Waals surface area contributed by atoms with E-state index in [9.17, 15) is 14.4 Å².